The Morgan fingerprint density at radius 2 is 2.00 bits per heavy atom. The highest BCUT2D eigenvalue weighted by atomic mass is 35.5. The van der Waals surface area contributed by atoms with Crippen LogP contribution in [0.2, 0.25) is 5.02 Å². The summed E-state index contributed by atoms with van der Waals surface area (Å²) in [4.78, 5) is 4.02. The molecule has 0 radical (unpaired) electrons. The summed E-state index contributed by atoms with van der Waals surface area (Å²) in [5.41, 5.74) is 5.57. The molecule has 0 aliphatic carbocycles. The number of aliphatic imine (C=N–C) groups is 1. The summed E-state index contributed by atoms with van der Waals surface area (Å²) in [6.45, 7) is 0. The summed E-state index contributed by atoms with van der Waals surface area (Å²) in [5, 5.41) is 20.0. The van der Waals surface area contributed by atoms with E-state index in [4.69, 9.17) is 26.5 Å². The molecule has 10 heteroatoms. The van der Waals surface area contributed by atoms with Crippen LogP contribution in [0.3, 0.4) is 0 Å². The van der Waals surface area contributed by atoms with Gasteiger partial charge in [-0.2, -0.15) is 18.4 Å². The van der Waals surface area contributed by atoms with Gasteiger partial charge in [-0.25, -0.2) is 0 Å². The van der Waals surface area contributed by atoms with Crippen molar-refractivity contribution in [1.82, 2.24) is 0 Å². The van der Waals surface area contributed by atoms with E-state index in [1.54, 1.807) is 12.1 Å². The lowest BCUT2D eigenvalue weighted by Crippen LogP contribution is -2.21. The van der Waals surface area contributed by atoms with Crippen LogP contribution in [0.15, 0.2) is 69.6 Å². The summed E-state index contributed by atoms with van der Waals surface area (Å²) in [6, 6.07) is 10.8. The Bertz CT molecular complexity index is 1290. The van der Waals surface area contributed by atoms with Gasteiger partial charge in [0.05, 0.1) is 28.5 Å². The largest absolute Gasteiger partial charge is 0.507 e. The van der Waals surface area contributed by atoms with Gasteiger partial charge in [-0.3, -0.25) is 4.99 Å². The number of phenolic OH excluding ortho intramolecular Hbond substituents is 1. The molecule has 162 valence electrons. The van der Waals surface area contributed by atoms with E-state index in [0.29, 0.717) is 11.3 Å². The third-order valence-electron chi connectivity index (χ3n) is 4.81. The Kier molecular flexibility index (Phi) is 5.32. The van der Waals surface area contributed by atoms with Gasteiger partial charge >= 0.3 is 6.18 Å². The number of ether oxygens (including phenoxy) is 1. The number of halogens is 4. The van der Waals surface area contributed by atoms with Crippen LogP contribution >= 0.6 is 11.6 Å². The van der Waals surface area contributed by atoms with Gasteiger partial charge in [0.1, 0.15) is 28.9 Å². The van der Waals surface area contributed by atoms with Crippen LogP contribution in [0.4, 0.5) is 18.9 Å². The number of fused-ring (bicyclic) bond motifs is 1. The van der Waals surface area contributed by atoms with Gasteiger partial charge in [0.25, 0.3) is 0 Å². The molecule has 0 bridgehead atoms. The number of rotatable bonds is 3. The van der Waals surface area contributed by atoms with Crippen molar-refractivity contribution in [3.8, 4) is 17.6 Å². The maximum atomic E-state index is 13.0. The molecule has 0 unspecified atom stereocenters. The number of phenols is 1. The summed E-state index contributed by atoms with van der Waals surface area (Å²) in [7, 11) is 0. The van der Waals surface area contributed by atoms with Gasteiger partial charge in [0.2, 0.25) is 5.88 Å². The highest BCUT2D eigenvalue weighted by Crippen LogP contribution is 2.44. The molecule has 4 rings (SSSR count). The second kappa shape index (κ2) is 7.98. The number of allylic oxidation sites excluding steroid dienone is 1. The Hall–Kier alpha value is -3.90. The molecule has 3 N–H and O–H groups in total. The van der Waals surface area contributed by atoms with Gasteiger partial charge in [-0.1, -0.05) is 11.6 Å². The number of benzene rings is 2. The molecule has 0 fully saturated rings. The van der Waals surface area contributed by atoms with Crippen LogP contribution < -0.4 is 10.5 Å². The summed E-state index contributed by atoms with van der Waals surface area (Å²) in [5.74, 6) is -0.471. The fourth-order valence-electron chi connectivity index (χ4n) is 3.29. The highest BCUT2D eigenvalue weighted by molar-refractivity contribution is 6.33. The number of aromatic hydroxyl groups is 1. The quantitative estimate of drug-likeness (QED) is 0.494. The average Bonchev–Trinajstić information content (AvgIpc) is 3.26. The fraction of sp³-hybridized carbons (Fsp3) is 0.0909. The van der Waals surface area contributed by atoms with Crippen molar-refractivity contribution in [1.29, 1.82) is 5.26 Å². The third-order valence-corrected chi connectivity index (χ3v) is 5.13. The van der Waals surface area contributed by atoms with Crippen molar-refractivity contribution in [3.63, 3.8) is 0 Å². The second-order valence-corrected chi connectivity index (χ2v) is 7.22. The van der Waals surface area contributed by atoms with Crippen LogP contribution in [-0.2, 0) is 6.18 Å². The smallest absolute Gasteiger partial charge is 0.416 e. The third kappa shape index (κ3) is 3.88. The Morgan fingerprint density at radius 3 is 2.66 bits per heavy atom. The van der Waals surface area contributed by atoms with Crippen molar-refractivity contribution in [2.45, 2.75) is 12.1 Å². The molecule has 32 heavy (non-hydrogen) atoms. The minimum Gasteiger partial charge on any atom is -0.507 e. The Morgan fingerprint density at radius 1 is 1.22 bits per heavy atom. The molecular formula is C22H13ClF3N3O3. The monoisotopic (exact) mass is 459 g/mol. The average molecular weight is 460 g/mol. The van der Waals surface area contributed by atoms with Crippen LogP contribution in [0.5, 0.6) is 11.5 Å². The molecule has 0 saturated heterocycles. The Balaban J connectivity index is 1.79. The molecule has 2 heterocycles. The molecule has 1 aromatic heterocycles. The van der Waals surface area contributed by atoms with Crippen LogP contribution in [0.1, 0.15) is 28.4 Å². The summed E-state index contributed by atoms with van der Waals surface area (Å²) < 4.78 is 49.9. The van der Waals surface area contributed by atoms with Crippen LogP contribution in [-0.4, -0.2) is 11.3 Å². The van der Waals surface area contributed by atoms with Gasteiger partial charge in [-0.15, -0.1) is 0 Å². The molecule has 2 aromatic carbocycles. The predicted molar refractivity (Wildman–Crippen MR) is 110 cm³/mol. The number of nitrogens with zero attached hydrogens (tertiary/aromatic N) is 2. The van der Waals surface area contributed by atoms with Crippen molar-refractivity contribution in [2.24, 2.45) is 10.7 Å². The zero-order valence-corrected chi connectivity index (χ0v) is 16.8. The molecule has 6 nitrogen and oxygen atoms in total. The molecular weight excluding hydrogens is 447 g/mol. The number of nitriles is 1. The SMILES string of the molecule is N#CC1=C(N)Oc2cc(O)c(C=Nc3cc(C(F)(F)F)ccc3Cl)cc2[C@H]1c1ccco1. The van der Waals surface area contributed by atoms with E-state index in [2.05, 4.69) is 4.99 Å². The Labute approximate surface area is 184 Å². The molecule has 1 atom stereocenters. The van der Waals surface area contributed by atoms with Crippen LogP contribution in [0, 0.1) is 11.3 Å². The summed E-state index contributed by atoms with van der Waals surface area (Å²) >= 11 is 5.98. The highest BCUT2D eigenvalue weighted by Gasteiger charge is 2.33. The van der Waals surface area contributed by atoms with E-state index in [1.165, 1.54) is 24.6 Å². The minimum absolute atomic E-state index is 0.00553. The zero-order chi connectivity index (χ0) is 23.0. The lowest BCUT2D eigenvalue weighted by atomic mass is 9.86. The normalized spacial score (nSPS) is 16.0. The van der Waals surface area contributed by atoms with E-state index in [0.717, 1.165) is 18.2 Å². The topological polar surface area (TPSA) is 105 Å². The van der Waals surface area contributed by atoms with E-state index in [9.17, 15) is 23.5 Å². The number of hydrogen-bond acceptors (Lipinski definition) is 6. The van der Waals surface area contributed by atoms with Crippen LogP contribution in [0.25, 0.3) is 0 Å². The van der Waals surface area contributed by atoms with Gasteiger partial charge in [-0.05, 0) is 36.4 Å². The maximum Gasteiger partial charge on any atom is 0.416 e. The lowest BCUT2D eigenvalue weighted by molar-refractivity contribution is -0.137. The molecule has 3 aromatic rings. The fourth-order valence-corrected chi connectivity index (χ4v) is 3.46. The van der Waals surface area contributed by atoms with Gasteiger partial charge < -0.3 is 20.0 Å². The molecule has 0 amide bonds. The first-order valence-electron chi connectivity index (χ1n) is 9.07. The predicted octanol–water partition coefficient (Wildman–Crippen LogP) is 5.63. The maximum absolute atomic E-state index is 13.0. The molecule has 1 aliphatic rings. The molecule has 0 spiro atoms. The minimum atomic E-state index is -4.56. The first-order valence-corrected chi connectivity index (χ1v) is 9.45. The first kappa shape index (κ1) is 21.3. The van der Waals surface area contributed by atoms with E-state index in [1.807, 2.05) is 6.07 Å². The standard InChI is InChI=1S/C22H13ClF3N3O3/c23-15-4-3-12(22(24,25)26)7-16(15)29-10-11-6-13-19(8-17(11)30)32-21(28)14(9-27)20(13)18-2-1-5-31-18/h1-8,10,20,30H,28H2/t20-/m1/s1. The number of alkyl halides is 3. The lowest BCUT2D eigenvalue weighted by Gasteiger charge is -2.25. The van der Waals surface area contributed by atoms with Crippen molar-refractivity contribution in [2.75, 3.05) is 0 Å². The molecule has 0 saturated carbocycles. The second-order valence-electron chi connectivity index (χ2n) is 6.81. The number of hydrogen-bond donors (Lipinski definition) is 2. The number of furan rings is 1. The number of nitrogens with two attached hydrogens (primary N) is 1. The van der Waals surface area contributed by atoms with Crippen molar-refractivity contribution in [3.05, 3.63) is 87.7 Å². The van der Waals surface area contributed by atoms with E-state index in [-0.39, 0.29) is 39.2 Å². The summed E-state index contributed by atoms with van der Waals surface area (Å²) in [6.07, 6.45) is -1.95. The van der Waals surface area contributed by atoms with Gasteiger partial charge in [0, 0.05) is 23.4 Å². The molecule has 1 aliphatic heterocycles. The van der Waals surface area contributed by atoms with Gasteiger partial charge in [0.15, 0.2) is 0 Å². The van der Waals surface area contributed by atoms with E-state index < -0.39 is 17.7 Å². The van der Waals surface area contributed by atoms with E-state index >= 15 is 0 Å². The van der Waals surface area contributed by atoms with Crippen molar-refractivity contribution < 1.29 is 27.4 Å². The van der Waals surface area contributed by atoms with Crippen molar-refractivity contribution >= 4 is 23.5 Å². The first-order chi connectivity index (χ1) is 15.2. The zero-order valence-electron chi connectivity index (χ0n) is 16.0.